The molecule has 10 heteroatoms. The van der Waals surface area contributed by atoms with Gasteiger partial charge in [-0.2, -0.15) is 8.78 Å². The monoisotopic (exact) mass is 459 g/mol. The Labute approximate surface area is 188 Å². The zero-order chi connectivity index (χ0) is 23.2. The second-order valence-corrected chi connectivity index (χ2v) is 7.60. The van der Waals surface area contributed by atoms with Crippen LogP contribution in [-0.2, 0) is 17.7 Å². The number of alkyl halides is 2. The summed E-state index contributed by atoms with van der Waals surface area (Å²) in [7, 11) is 0. The Hall–Kier alpha value is -3.50. The summed E-state index contributed by atoms with van der Waals surface area (Å²) in [6, 6.07) is 13.5. The number of β-amino-alcohol motifs (C(OH)–C–C–N with tert-alkyl or cyclic N) is 1. The lowest BCUT2D eigenvalue weighted by molar-refractivity contribution is -0.0498. The minimum Gasteiger partial charge on any atom is -0.444 e. The molecule has 3 atom stereocenters. The van der Waals surface area contributed by atoms with E-state index >= 15 is 0 Å². The number of alkyl carbamates (subject to hydrolysis) is 1. The molecule has 0 saturated carbocycles. The lowest BCUT2D eigenvalue weighted by Gasteiger charge is -2.22. The number of hydrogen-bond donors (Lipinski definition) is 3. The summed E-state index contributed by atoms with van der Waals surface area (Å²) in [6.07, 6.45) is 1.24. The van der Waals surface area contributed by atoms with Crippen LogP contribution in [0, 0.1) is 0 Å². The smallest absolute Gasteiger partial charge is 0.407 e. The van der Waals surface area contributed by atoms with E-state index in [1.807, 2.05) is 24.3 Å². The van der Waals surface area contributed by atoms with Crippen LogP contribution >= 0.6 is 0 Å². The molecule has 174 valence electrons. The molecule has 8 nitrogen and oxygen atoms in total. The van der Waals surface area contributed by atoms with Gasteiger partial charge in [0.2, 0.25) is 0 Å². The number of nitrogens with zero attached hydrogens (tertiary/aromatic N) is 1. The fourth-order valence-corrected chi connectivity index (χ4v) is 3.71. The van der Waals surface area contributed by atoms with Crippen molar-refractivity contribution in [2.45, 2.75) is 37.8 Å². The molecule has 0 radical (unpaired) electrons. The normalized spacial score (nSPS) is 20.1. The topological polar surface area (TPSA) is 106 Å². The van der Waals surface area contributed by atoms with E-state index in [0.29, 0.717) is 24.3 Å². The third-order valence-corrected chi connectivity index (χ3v) is 5.29. The number of nitrogens with one attached hydrogen (secondary N) is 2. The van der Waals surface area contributed by atoms with Crippen molar-refractivity contribution in [1.29, 1.82) is 0 Å². The summed E-state index contributed by atoms with van der Waals surface area (Å²) in [5, 5.41) is 16.0. The fourth-order valence-electron chi connectivity index (χ4n) is 3.71. The van der Waals surface area contributed by atoms with E-state index in [1.165, 1.54) is 18.5 Å². The molecule has 4 rings (SSSR count). The molecule has 1 aliphatic rings. The number of aromatic nitrogens is 1. The molecule has 3 N–H and O–H groups in total. The summed E-state index contributed by atoms with van der Waals surface area (Å²) in [5.74, 6) is 0.669. The van der Waals surface area contributed by atoms with E-state index in [4.69, 9.17) is 9.15 Å². The number of aliphatic hydroxyl groups excluding tert-OH is 1. The second-order valence-electron chi connectivity index (χ2n) is 7.60. The molecule has 1 saturated heterocycles. The van der Waals surface area contributed by atoms with Gasteiger partial charge >= 0.3 is 12.7 Å². The largest absolute Gasteiger partial charge is 0.444 e. The third kappa shape index (κ3) is 6.05. The average molecular weight is 459 g/mol. The van der Waals surface area contributed by atoms with Crippen LogP contribution in [0.4, 0.5) is 13.6 Å². The summed E-state index contributed by atoms with van der Waals surface area (Å²) in [4.78, 5) is 16.2. The number of carbonyl (C=O) groups is 1. The van der Waals surface area contributed by atoms with Crippen LogP contribution in [0.3, 0.4) is 0 Å². The van der Waals surface area contributed by atoms with Crippen molar-refractivity contribution in [1.82, 2.24) is 15.6 Å². The molecule has 3 aromatic rings. The average Bonchev–Trinajstić information content (AvgIpc) is 3.44. The zero-order valence-electron chi connectivity index (χ0n) is 17.5. The molecule has 0 bridgehead atoms. The Morgan fingerprint density at radius 2 is 2.06 bits per heavy atom. The number of benzene rings is 2. The number of ether oxygens (including phenoxy) is 2. The van der Waals surface area contributed by atoms with Crippen molar-refractivity contribution >= 4 is 6.09 Å². The lowest BCUT2D eigenvalue weighted by Crippen LogP contribution is -2.41. The Kier molecular flexibility index (Phi) is 7.16. The molecule has 1 fully saturated rings. The quantitative estimate of drug-likeness (QED) is 0.475. The number of halogens is 2. The molecule has 1 aliphatic heterocycles. The van der Waals surface area contributed by atoms with Crippen LogP contribution in [0.1, 0.15) is 11.1 Å². The maximum atomic E-state index is 12.4. The van der Waals surface area contributed by atoms with Gasteiger partial charge < -0.3 is 29.6 Å². The van der Waals surface area contributed by atoms with Gasteiger partial charge in [0.05, 0.1) is 12.2 Å². The van der Waals surface area contributed by atoms with E-state index < -0.39 is 24.9 Å². The van der Waals surface area contributed by atoms with Crippen molar-refractivity contribution in [2.24, 2.45) is 0 Å². The standard InChI is InChI=1S/C23H23F2N3O5/c24-22(25)32-17-3-1-2-15(8-17)10-28-23(30)33-21-18(27-11-19(21)29)9-14-4-6-16(7-5-14)20-12-26-13-31-20/h1-8,12-13,18-19,21-22,27,29H,9-11H2,(H,28,30)/t18-,19+,21+/m1/s1. The number of aliphatic hydroxyl groups is 1. The van der Waals surface area contributed by atoms with Crippen LogP contribution in [0.2, 0.25) is 0 Å². The van der Waals surface area contributed by atoms with Crippen molar-refractivity contribution in [3.05, 3.63) is 72.2 Å². The molecular weight excluding hydrogens is 436 g/mol. The fraction of sp³-hybridized carbons (Fsp3) is 0.304. The number of rotatable bonds is 8. The first-order chi connectivity index (χ1) is 16.0. The summed E-state index contributed by atoms with van der Waals surface area (Å²) in [6.45, 7) is -2.57. The molecule has 1 aromatic heterocycles. The van der Waals surface area contributed by atoms with E-state index in [0.717, 1.165) is 11.1 Å². The molecule has 2 heterocycles. The van der Waals surface area contributed by atoms with Gasteiger partial charge in [0.15, 0.2) is 12.2 Å². The van der Waals surface area contributed by atoms with Gasteiger partial charge in [0, 0.05) is 18.7 Å². The first-order valence-electron chi connectivity index (χ1n) is 10.4. The highest BCUT2D eigenvalue weighted by Gasteiger charge is 2.37. The molecule has 0 aliphatic carbocycles. The van der Waals surface area contributed by atoms with Gasteiger partial charge in [-0.3, -0.25) is 0 Å². The maximum absolute atomic E-state index is 12.4. The van der Waals surface area contributed by atoms with E-state index in [-0.39, 0.29) is 18.3 Å². The Morgan fingerprint density at radius 3 is 2.79 bits per heavy atom. The molecule has 1 amide bonds. The van der Waals surface area contributed by atoms with Crippen LogP contribution < -0.4 is 15.4 Å². The summed E-state index contributed by atoms with van der Waals surface area (Å²) < 4.78 is 39.8. The van der Waals surface area contributed by atoms with Crippen molar-refractivity contribution in [3.8, 4) is 17.1 Å². The Morgan fingerprint density at radius 1 is 1.24 bits per heavy atom. The molecule has 33 heavy (non-hydrogen) atoms. The molecule has 2 aromatic carbocycles. The Balaban J connectivity index is 1.31. The van der Waals surface area contributed by atoms with Crippen molar-refractivity contribution in [3.63, 3.8) is 0 Å². The highest BCUT2D eigenvalue weighted by Crippen LogP contribution is 2.22. The van der Waals surface area contributed by atoms with Crippen LogP contribution in [0.25, 0.3) is 11.3 Å². The molecule has 0 spiro atoms. The minimum atomic E-state index is -2.93. The SMILES string of the molecule is O=C(NCc1cccc(OC(F)F)c1)O[C@@H]1[C@@H](O)CN[C@@H]1Cc1ccc(-c2cnco2)cc1. The molecule has 0 unspecified atom stereocenters. The van der Waals surface area contributed by atoms with Gasteiger partial charge in [0.1, 0.15) is 18.0 Å². The van der Waals surface area contributed by atoms with Gasteiger partial charge in [-0.25, -0.2) is 9.78 Å². The van der Waals surface area contributed by atoms with Gasteiger partial charge in [-0.15, -0.1) is 0 Å². The maximum Gasteiger partial charge on any atom is 0.407 e. The summed E-state index contributed by atoms with van der Waals surface area (Å²) in [5.41, 5.74) is 2.46. The number of oxazole rings is 1. The van der Waals surface area contributed by atoms with Gasteiger partial charge in [-0.1, -0.05) is 36.4 Å². The predicted molar refractivity (Wildman–Crippen MR) is 114 cm³/mol. The van der Waals surface area contributed by atoms with Crippen molar-refractivity contribution < 1.29 is 32.6 Å². The Bertz CT molecular complexity index is 1050. The van der Waals surface area contributed by atoms with Crippen LogP contribution in [-0.4, -0.2) is 47.6 Å². The van der Waals surface area contributed by atoms with Crippen LogP contribution in [0.5, 0.6) is 5.75 Å². The van der Waals surface area contributed by atoms with Crippen molar-refractivity contribution in [2.75, 3.05) is 6.54 Å². The molecular formula is C23H23F2N3O5. The van der Waals surface area contributed by atoms with Gasteiger partial charge in [-0.05, 0) is 29.7 Å². The van der Waals surface area contributed by atoms with E-state index in [9.17, 15) is 18.7 Å². The highest BCUT2D eigenvalue weighted by molar-refractivity contribution is 5.67. The zero-order valence-corrected chi connectivity index (χ0v) is 17.5. The third-order valence-electron chi connectivity index (χ3n) is 5.29. The number of carbonyl (C=O) groups excluding carboxylic acids is 1. The predicted octanol–water partition coefficient (Wildman–Crippen LogP) is 3.11. The first-order valence-corrected chi connectivity index (χ1v) is 10.4. The highest BCUT2D eigenvalue weighted by atomic mass is 19.3. The number of hydrogen-bond acceptors (Lipinski definition) is 7. The van der Waals surface area contributed by atoms with Gasteiger partial charge in [0.25, 0.3) is 0 Å². The second kappa shape index (κ2) is 10.4. The van der Waals surface area contributed by atoms with E-state index in [2.05, 4.69) is 20.4 Å². The lowest BCUT2D eigenvalue weighted by atomic mass is 10.00. The number of amides is 1. The van der Waals surface area contributed by atoms with E-state index in [1.54, 1.807) is 18.3 Å². The summed E-state index contributed by atoms with van der Waals surface area (Å²) >= 11 is 0. The minimum absolute atomic E-state index is 0.00229. The first kappa shape index (κ1) is 22.7. The van der Waals surface area contributed by atoms with Crippen LogP contribution in [0.15, 0.2) is 65.5 Å².